The quantitative estimate of drug-likeness (QED) is 0.147. The monoisotopic (exact) mass is 652 g/mol. The molecule has 9 nitrogen and oxygen atoms in total. The van der Waals surface area contributed by atoms with Crippen molar-refractivity contribution in [2.45, 2.75) is 63.6 Å². The summed E-state index contributed by atoms with van der Waals surface area (Å²) in [7, 11) is 0. The van der Waals surface area contributed by atoms with Crippen molar-refractivity contribution in [3.63, 3.8) is 0 Å². The third-order valence-electron chi connectivity index (χ3n) is 7.56. The Morgan fingerprint density at radius 3 is 2.33 bits per heavy atom. The predicted molar refractivity (Wildman–Crippen MR) is 170 cm³/mol. The number of pyridine rings is 1. The fourth-order valence-electron chi connectivity index (χ4n) is 5.29. The Labute approximate surface area is 269 Å². The van der Waals surface area contributed by atoms with Gasteiger partial charge < -0.3 is 20.7 Å². The van der Waals surface area contributed by atoms with Crippen LogP contribution >= 0.6 is 11.3 Å². The van der Waals surface area contributed by atoms with Crippen LogP contribution in [0.2, 0.25) is 0 Å². The highest BCUT2D eigenvalue weighted by atomic mass is 32.1. The van der Waals surface area contributed by atoms with E-state index in [2.05, 4.69) is 48.0 Å². The summed E-state index contributed by atoms with van der Waals surface area (Å²) >= 11 is 1.38. The van der Waals surface area contributed by atoms with Crippen LogP contribution in [-0.4, -0.2) is 46.4 Å². The first-order chi connectivity index (χ1) is 22.2. The zero-order valence-corrected chi connectivity index (χ0v) is 25.9. The van der Waals surface area contributed by atoms with E-state index in [0.717, 1.165) is 67.7 Å². The first-order valence-electron chi connectivity index (χ1n) is 15.2. The summed E-state index contributed by atoms with van der Waals surface area (Å²) in [5.41, 5.74) is 3.69. The van der Waals surface area contributed by atoms with E-state index in [4.69, 9.17) is 0 Å². The second-order valence-electron chi connectivity index (χ2n) is 11.2. The molecule has 5 rings (SSSR count). The van der Waals surface area contributed by atoms with E-state index in [-0.39, 0.29) is 24.5 Å². The SMILES string of the molecule is O=C(Cc1cccc(OC(F)(F)F)c1)Nc1ccc(CCCCc2nnc(NC(=O)Cc3ccc(C4CCNCC4)cc3)s2)cn1. The maximum atomic E-state index is 12.6. The fraction of sp³-hybridized carbons (Fsp3) is 0.364. The molecule has 4 aromatic rings. The Bertz CT molecular complexity index is 1590. The van der Waals surface area contributed by atoms with E-state index in [1.807, 2.05) is 18.2 Å². The van der Waals surface area contributed by atoms with Gasteiger partial charge in [-0.15, -0.1) is 23.4 Å². The van der Waals surface area contributed by atoms with Crippen LogP contribution in [0.5, 0.6) is 5.75 Å². The molecule has 0 unspecified atom stereocenters. The summed E-state index contributed by atoms with van der Waals surface area (Å²) in [6.07, 6.45) is 2.62. The van der Waals surface area contributed by atoms with E-state index in [1.165, 1.54) is 35.1 Å². The molecule has 1 saturated heterocycles. The molecule has 3 heterocycles. The lowest BCUT2D eigenvalue weighted by Gasteiger charge is -2.23. The number of alkyl halides is 3. The number of piperidine rings is 1. The molecule has 13 heteroatoms. The lowest BCUT2D eigenvalue weighted by atomic mass is 9.89. The molecule has 0 radical (unpaired) electrons. The minimum Gasteiger partial charge on any atom is -0.406 e. The van der Waals surface area contributed by atoms with Crippen molar-refractivity contribution in [3.8, 4) is 5.75 Å². The van der Waals surface area contributed by atoms with Crippen molar-refractivity contribution in [1.29, 1.82) is 0 Å². The summed E-state index contributed by atoms with van der Waals surface area (Å²) in [4.78, 5) is 29.2. The van der Waals surface area contributed by atoms with Crippen molar-refractivity contribution in [2.24, 2.45) is 0 Å². The van der Waals surface area contributed by atoms with Gasteiger partial charge in [0, 0.05) is 12.6 Å². The maximum absolute atomic E-state index is 12.6. The van der Waals surface area contributed by atoms with Crippen molar-refractivity contribution in [3.05, 3.63) is 94.1 Å². The molecule has 2 aromatic carbocycles. The van der Waals surface area contributed by atoms with Crippen LogP contribution in [0.4, 0.5) is 24.1 Å². The molecule has 1 fully saturated rings. The molecule has 0 bridgehead atoms. The van der Waals surface area contributed by atoms with Crippen molar-refractivity contribution in [2.75, 3.05) is 23.7 Å². The molecule has 1 aliphatic heterocycles. The summed E-state index contributed by atoms with van der Waals surface area (Å²) < 4.78 is 41.2. The number of anilines is 2. The van der Waals surface area contributed by atoms with E-state index in [1.54, 1.807) is 18.3 Å². The predicted octanol–water partition coefficient (Wildman–Crippen LogP) is 6.23. The molecule has 0 saturated carbocycles. The number of nitrogens with one attached hydrogen (secondary N) is 3. The van der Waals surface area contributed by atoms with Crippen LogP contribution in [0.25, 0.3) is 0 Å². The Balaban J connectivity index is 0.988. The molecule has 3 N–H and O–H groups in total. The average Bonchev–Trinajstić information content (AvgIpc) is 3.47. The van der Waals surface area contributed by atoms with Crippen LogP contribution in [0.3, 0.4) is 0 Å². The molecule has 0 spiro atoms. The Kier molecular flexibility index (Phi) is 11.3. The first-order valence-corrected chi connectivity index (χ1v) is 16.0. The van der Waals surface area contributed by atoms with Gasteiger partial charge in [0.25, 0.3) is 0 Å². The molecule has 0 aliphatic carbocycles. The van der Waals surface area contributed by atoms with E-state index in [0.29, 0.717) is 22.4 Å². The highest BCUT2D eigenvalue weighted by Crippen LogP contribution is 2.26. The smallest absolute Gasteiger partial charge is 0.406 e. The number of nitrogens with zero attached hydrogens (tertiary/aromatic N) is 3. The summed E-state index contributed by atoms with van der Waals surface area (Å²) in [5.74, 6) is 0.0425. The number of benzene rings is 2. The molecule has 2 amide bonds. The zero-order valence-electron chi connectivity index (χ0n) is 25.1. The van der Waals surface area contributed by atoms with Gasteiger partial charge in [0.2, 0.25) is 16.9 Å². The van der Waals surface area contributed by atoms with Gasteiger partial charge >= 0.3 is 6.36 Å². The number of carbonyl (C=O) groups excluding carboxylic acids is 2. The number of hydrogen-bond acceptors (Lipinski definition) is 8. The molecule has 0 atom stereocenters. The normalized spacial score (nSPS) is 13.7. The molecular weight excluding hydrogens is 617 g/mol. The average molecular weight is 653 g/mol. The fourth-order valence-corrected chi connectivity index (χ4v) is 6.09. The number of hydrogen-bond donors (Lipinski definition) is 3. The van der Waals surface area contributed by atoms with Crippen LogP contribution in [0.15, 0.2) is 66.9 Å². The zero-order chi connectivity index (χ0) is 32.4. The standard InChI is InChI=1S/C33H35F3N6O3S/c34-33(35,36)45-27-6-3-5-24(18-27)20-29(43)39-28-13-10-23(21-38-28)4-1-2-7-31-41-42-32(46-31)40-30(44)19-22-8-11-25(12-9-22)26-14-16-37-17-15-26/h3,5-6,8-13,18,21,26,37H,1-2,4,7,14-17,19-20H2,(H,38,39,43)(H,40,42,44). The Morgan fingerprint density at radius 2 is 1.59 bits per heavy atom. The van der Waals surface area contributed by atoms with E-state index >= 15 is 0 Å². The number of halogens is 3. The Hall–Kier alpha value is -4.36. The van der Waals surface area contributed by atoms with Crippen molar-refractivity contribution >= 4 is 34.1 Å². The van der Waals surface area contributed by atoms with Gasteiger partial charge in [0.1, 0.15) is 16.6 Å². The van der Waals surface area contributed by atoms with Gasteiger partial charge in [-0.3, -0.25) is 9.59 Å². The molecule has 46 heavy (non-hydrogen) atoms. The van der Waals surface area contributed by atoms with Gasteiger partial charge in [0.15, 0.2) is 0 Å². The van der Waals surface area contributed by atoms with Gasteiger partial charge in [-0.2, -0.15) is 0 Å². The van der Waals surface area contributed by atoms with Crippen LogP contribution in [0.1, 0.15) is 58.9 Å². The van der Waals surface area contributed by atoms with E-state index in [9.17, 15) is 22.8 Å². The van der Waals surface area contributed by atoms with Gasteiger partial charge in [-0.05, 0) is 91.6 Å². The number of ether oxygens (including phenoxy) is 1. The molecule has 242 valence electrons. The van der Waals surface area contributed by atoms with E-state index < -0.39 is 12.3 Å². The third kappa shape index (κ3) is 10.6. The highest BCUT2D eigenvalue weighted by Gasteiger charge is 2.31. The highest BCUT2D eigenvalue weighted by molar-refractivity contribution is 7.15. The summed E-state index contributed by atoms with van der Waals surface area (Å²) in [6, 6.07) is 17.2. The summed E-state index contributed by atoms with van der Waals surface area (Å²) in [6.45, 7) is 2.10. The van der Waals surface area contributed by atoms with Crippen molar-refractivity contribution in [1.82, 2.24) is 20.5 Å². The number of rotatable bonds is 13. The lowest BCUT2D eigenvalue weighted by molar-refractivity contribution is -0.274. The second-order valence-corrected chi connectivity index (χ2v) is 12.2. The van der Waals surface area contributed by atoms with Crippen LogP contribution in [0, 0.1) is 0 Å². The first kappa shape index (κ1) is 33.0. The van der Waals surface area contributed by atoms with Crippen molar-refractivity contribution < 1.29 is 27.5 Å². The summed E-state index contributed by atoms with van der Waals surface area (Å²) in [5, 5.41) is 18.6. The number of carbonyl (C=O) groups is 2. The van der Waals surface area contributed by atoms with Crippen LogP contribution in [-0.2, 0) is 35.3 Å². The largest absolute Gasteiger partial charge is 0.573 e. The number of amides is 2. The van der Waals surface area contributed by atoms with Gasteiger partial charge in [-0.1, -0.05) is 53.8 Å². The second kappa shape index (κ2) is 15.8. The minimum absolute atomic E-state index is 0.116. The molecular formula is C33H35F3N6O3S. The topological polar surface area (TPSA) is 118 Å². The molecule has 1 aliphatic rings. The lowest BCUT2D eigenvalue weighted by Crippen LogP contribution is -2.26. The number of aromatic nitrogens is 3. The van der Waals surface area contributed by atoms with Gasteiger partial charge in [0.05, 0.1) is 12.8 Å². The number of aryl methyl sites for hydroxylation is 2. The number of unbranched alkanes of at least 4 members (excludes halogenated alkanes) is 1. The maximum Gasteiger partial charge on any atom is 0.573 e. The van der Waals surface area contributed by atoms with Gasteiger partial charge in [-0.25, -0.2) is 4.98 Å². The Morgan fingerprint density at radius 1 is 0.870 bits per heavy atom. The minimum atomic E-state index is -4.80. The van der Waals surface area contributed by atoms with Crippen LogP contribution < -0.4 is 20.7 Å². The third-order valence-corrected chi connectivity index (χ3v) is 8.46. The molecule has 2 aromatic heterocycles.